The van der Waals surface area contributed by atoms with E-state index < -0.39 is 29.3 Å². The van der Waals surface area contributed by atoms with E-state index in [1.54, 1.807) is 6.92 Å². The van der Waals surface area contributed by atoms with E-state index in [2.05, 4.69) is 13.8 Å². The van der Waals surface area contributed by atoms with Gasteiger partial charge in [0.2, 0.25) is 0 Å². The first-order valence-corrected chi connectivity index (χ1v) is 9.50. The topological polar surface area (TPSA) is 90.3 Å². The van der Waals surface area contributed by atoms with E-state index in [1.807, 2.05) is 13.0 Å². The molecule has 4 aliphatic rings. The van der Waals surface area contributed by atoms with Crippen molar-refractivity contribution >= 4 is 5.78 Å². The second kappa shape index (κ2) is 5.16. The number of ketones is 1. The number of hydrogen-bond acceptors (Lipinski definition) is 5. The van der Waals surface area contributed by atoms with Crippen LogP contribution in [0.15, 0.2) is 11.6 Å². The van der Waals surface area contributed by atoms with Crippen LogP contribution in [-0.4, -0.2) is 51.1 Å². The van der Waals surface area contributed by atoms with Crippen molar-refractivity contribution in [2.45, 2.75) is 70.4 Å². The predicted molar refractivity (Wildman–Crippen MR) is 91.7 cm³/mol. The highest BCUT2D eigenvalue weighted by Gasteiger charge is 2.66. The van der Waals surface area contributed by atoms with Crippen LogP contribution < -0.4 is 0 Å². The van der Waals surface area contributed by atoms with Gasteiger partial charge in [-0.3, -0.25) is 4.79 Å². The van der Waals surface area contributed by atoms with Crippen LogP contribution in [0.2, 0.25) is 0 Å². The van der Waals surface area contributed by atoms with Gasteiger partial charge in [-0.25, -0.2) is 0 Å². The van der Waals surface area contributed by atoms with Crippen molar-refractivity contribution in [1.29, 1.82) is 0 Å². The van der Waals surface area contributed by atoms with Crippen molar-refractivity contribution in [3.05, 3.63) is 11.6 Å². The Balaban J connectivity index is 1.78. The zero-order valence-electron chi connectivity index (χ0n) is 15.5. The van der Waals surface area contributed by atoms with Gasteiger partial charge in [0.15, 0.2) is 5.78 Å². The van der Waals surface area contributed by atoms with E-state index in [4.69, 9.17) is 4.74 Å². The number of carbonyl (C=O) groups is 1. The molecule has 5 heteroatoms. The number of aliphatic hydroxyl groups is 3. The van der Waals surface area contributed by atoms with Gasteiger partial charge in [0.25, 0.3) is 0 Å². The fourth-order valence-electron chi connectivity index (χ4n) is 5.71. The Bertz CT molecular complexity index is 634. The van der Waals surface area contributed by atoms with Gasteiger partial charge in [-0.1, -0.05) is 26.8 Å². The summed E-state index contributed by atoms with van der Waals surface area (Å²) < 4.78 is 5.66. The number of aliphatic hydroxyl groups excluding tert-OH is 2. The molecule has 1 aliphatic heterocycles. The van der Waals surface area contributed by atoms with Crippen molar-refractivity contribution < 1.29 is 24.9 Å². The Morgan fingerprint density at radius 2 is 1.92 bits per heavy atom. The van der Waals surface area contributed by atoms with Crippen molar-refractivity contribution in [3.8, 4) is 0 Å². The molecule has 2 saturated carbocycles. The lowest BCUT2D eigenvalue weighted by molar-refractivity contribution is -0.150. The van der Waals surface area contributed by atoms with Crippen LogP contribution in [0.5, 0.6) is 0 Å². The summed E-state index contributed by atoms with van der Waals surface area (Å²) in [5, 5.41) is 33.0. The molecule has 1 spiro atoms. The number of Topliss-reactive ketones (excluding diaryl/α,β-unsaturated/α-hetero) is 1. The van der Waals surface area contributed by atoms with Gasteiger partial charge in [-0.2, -0.15) is 0 Å². The molecule has 0 aromatic heterocycles. The molecule has 1 heterocycles. The molecule has 0 aromatic carbocycles. The zero-order chi connectivity index (χ0) is 18.4. The van der Waals surface area contributed by atoms with E-state index in [1.165, 1.54) is 0 Å². The fourth-order valence-corrected chi connectivity index (χ4v) is 5.71. The molecule has 5 nitrogen and oxygen atoms in total. The highest BCUT2D eigenvalue weighted by molar-refractivity contribution is 6.02. The number of fused-ring (bicyclic) bond motifs is 2. The number of rotatable bonds is 0. The first-order valence-electron chi connectivity index (χ1n) is 9.50. The van der Waals surface area contributed by atoms with Crippen LogP contribution in [0.3, 0.4) is 0 Å². The largest absolute Gasteiger partial charge is 0.392 e. The van der Waals surface area contributed by atoms with Crippen molar-refractivity contribution in [2.24, 2.45) is 29.1 Å². The first-order chi connectivity index (χ1) is 11.5. The molecule has 25 heavy (non-hydrogen) atoms. The number of allylic oxidation sites excluding steroid dienone is 1. The summed E-state index contributed by atoms with van der Waals surface area (Å²) in [4.78, 5) is 13.1. The average Bonchev–Trinajstić information content (AvgIpc) is 3.39. The SMILES string of the molecule is CC1=C[C@@H]2[C@H](CC[C@@]3(CO3)[C@@H](O)[C@H]3[C@@H](O)[C@@H](C)C[C@]3(O)C1=O)C2(C)C. The van der Waals surface area contributed by atoms with Gasteiger partial charge < -0.3 is 20.1 Å². The summed E-state index contributed by atoms with van der Waals surface area (Å²) in [5.74, 6) is -0.721. The molecule has 3 fully saturated rings. The smallest absolute Gasteiger partial charge is 0.190 e. The maximum Gasteiger partial charge on any atom is 0.190 e. The molecule has 3 aliphatic carbocycles. The molecule has 0 aromatic rings. The third-order valence-electron chi connectivity index (χ3n) is 7.73. The Morgan fingerprint density at radius 3 is 2.52 bits per heavy atom. The Hall–Kier alpha value is -0.750. The first kappa shape index (κ1) is 17.7. The van der Waals surface area contributed by atoms with Gasteiger partial charge >= 0.3 is 0 Å². The summed E-state index contributed by atoms with van der Waals surface area (Å²) in [6.07, 6.45) is 1.86. The standard InChI is InChI=1S/C20H30O5/c1-10-7-13-12(18(13,3)4)5-6-19(9-25-19)17(23)14-15(21)11(2)8-20(14,24)16(10)22/h7,11-15,17,21,23-24H,5-6,8-9H2,1-4H3/t11-,12-,13+,14+,15-,17-,19+,20+/m0/s1. The third kappa shape index (κ3) is 2.32. The minimum atomic E-state index is -1.73. The maximum atomic E-state index is 13.1. The molecule has 4 rings (SSSR count). The highest BCUT2D eigenvalue weighted by atomic mass is 16.6. The van der Waals surface area contributed by atoms with Crippen molar-refractivity contribution in [3.63, 3.8) is 0 Å². The monoisotopic (exact) mass is 350 g/mol. The second-order valence-electron chi connectivity index (χ2n) is 9.59. The summed E-state index contributed by atoms with van der Waals surface area (Å²) >= 11 is 0. The minimum absolute atomic E-state index is 0.131. The average molecular weight is 350 g/mol. The Morgan fingerprint density at radius 1 is 1.28 bits per heavy atom. The summed E-state index contributed by atoms with van der Waals surface area (Å²) in [6, 6.07) is 0. The molecular weight excluding hydrogens is 320 g/mol. The molecule has 8 atom stereocenters. The van der Waals surface area contributed by atoms with Gasteiger partial charge in [0.1, 0.15) is 11.2 Å². The van der Waals surface area contributed by atoms with Crippen molar-refractivity contribution in [1.82, 2.24) is 0 Å². The molecule has 0 amide bonds. The molecule has 0 unspecified atom stereocenters. The molecule has 140 valence electrons. The Kier molecular flexibility index (Phi) is 3.64. The Labute approximate surface area is 149 Å². The van der Waals surface area contributed by atoms with Gasteiger partial charge in [0.05, 0.1) is 24.7 Å². The molecule has 0 radical (unpaired) electrons. The third-order valence-corrected chi connectivity index (χ3v) is 7.73. The predicted octanol–water partition coefficient (Wildman–Crippen LogP) is 1.45. The summed E-state index contributed by atoms with van der Waals surface area (Å²) in [5.41, 5.74) is -1.76. The van der Waals surface area contributed by atoms with Gasteiger partial charge in [-0.05, 0) is 54.9 Å². The zero-order valence-corrected chi connectivity index (χ0v) is 15.5. The summed E-state index contributed by atoms with van der Waals surface area (Å²) in [7, 11) is 0. The molecular formula is C20H30O5. The lowest BCUT2D eigenvalue weighted by Gasteiger charge is -2.36. The quantitative estimate of drug-likeness (QED) is 0.575. The lowest BCUT2D eigenvalue weighted by Crippen LogP contribution is -2.54. The van der Waals surface area contributed by atoms with Crippen LogP contribution in [-0.2, 0) is 9.53 Å². The number of ether oxygens (including phenoxy) is 1. The molecule has 3 N–H and O–H groups in total. The van der Waals surface area contributed by atoms with E-state index in [-0.39, 0.29) is 23.5 Å². The van der Waals surface area contributed by atoms with E-state index in [0.29, 0.717) is 30.4 Å². The highest BCUT2D eigenvalue weighted by Crippen LogP contribution is 2.63. The molecule has 1 saturated heterocycles. The maximum absolute atomic E-state index is 13.1. The minimum Gasteiger partial charge on any atom is -0.392 e. The van der Waals surface area contributed by atoms with Crippen LogP contribution in [0.4, 0.5) is 0 Å². The number of hydrogen-bond donors (Lipinski definition) is 3. The summed E-state index contributed by atoms with van der Waals surface area (Å²) in [6.45, 7) is 8.42. The number of epoxide rings is 1. The second-order valence-corrected chi connectivity index (χ2v) is 9.59. The number of carbonyl (C=O) groups excluding carboxylic acids is 1. The van der Waals surface area contributed by atoms with Crippen LogP contribution in [0.1, 0.15) is 47.0 Å². The van der Waals surface area contributed by atoms with E-state index in [9.17, 15) is 20.1 Å². The van der Waals surface area contributed by atoms with Crippen LogP contribution in [0.25, 0.3) is 0 Å². The van der Waals surface area contributed by atoms with E-state index in [0.717, 1.165) is 6.42 Å². The van der Waals surface area contributed by atoms with E-state index >= 15 is 0 Å². The van der Waals surface area contributed by atoms with Crippen molar-refractivity contribution in [2.75, 3.05) is 6.61 Å². The fraction of sp³-hybridized carbons (Fsp3) is 0.850. The van der Waals surface area contributed by atoms with Crippen LogP contribution in [0, 0.1) is 29.1 Å². The lowest BCUT2D eigenvalue weighted by atomic mass is 9.75. The van der Waals surface area contributed by atoms with Gasteiger partial charge in [-0.15, -0.1) is 0 Å². The van der Waals surface area contributed by atoms with Gasteiger partial charge in [0, 0.05) is 0 Å². The molecule has 0 bridgehead atoms. The van der Waals surface area contributed by atoms with Crippen LogP contribution >= 0.6 is 0 Å². The normalized spacial score (nSPS) is 54.4.